The van der Waals surface area contributed by atoms with Gasteiger partial charge in [0, 0.05) is 6.54 Å². The van der Waals surface area contributed by atoms with Crippen LogP contribution in [0.2, 0.25) is 0 Å². The lowest BCUT2D eigenvalue weighted by Crippen LogP contribution is -2.50. The second kappa shape index (κ2) is 12.7. The maximum Gasteiger partial charge on any atom is 0.261 e. The lowest BCUT2D eigenvalue weighted by Gasteiger charge is -2.58. The summed E-state index contributed by atoms with van der Waals surface area (Å²) in [6.07, 6.45) is 21.3. The highest BCUT2D eigenvalue weighted by Gasteiger charge is 2.59. The molecule has 1 heterocycles. The Hall–Kier alpha value is -1.90. The summed E-state index contributed by atoms with van der Waals surface area (Å²) in [6, 6.07) is 7.26. The molecule has 0 bridgehead atoms. The monoisotopic (exact) mass is 599 g/mol. The molecule has 3 saturated carbocycles. The minimum Gasteiger partial charge on any atom is -0.274 e. The number of fused-ring (bicyclic) bond motifs is 6. The fourth-order valence-electron chi connectivity index (χ4n) is 11.8. The van der Waals surface area contributed by atoms with Gasteiger partial charge in [-0.3, -0.25) is 14.5 Å². The smallest absolute Gasteiger partial charge is 0.261 e. The number of hydrogen-bond acceptors (Lipinski definition) is 2. The van der Waals surface area contributed by atoms with Crippen molar-refractivity contribution < 1.29 is 9.59 Å². The highest BCUT2D eigenvalue weighted by atomic mass is 16.2. The van der Waals surface area contributed by atoms with E-state index in [9.17, 15) is 9.59 Å². The molecule has 0 saturated heterocycles. The molecule has 9 atom stereocenters. The molecule has 2 amide bonds. The summed E-state index contributed by atoms with van der Waals surface area (Å²) in [7, 11) is 0. The number of nitrogens with zero attached hydrogens (tertiary/aromatic N) is 1. The Balaban J connectivity index is 1.02. The Bertz CT molecular complexity index is 1210. The Morgan fingerprint density at radius 3 is 2.30 bits per heavy atom. The van der Waals surface area contributed by atoms with Crippen LogP contribution in [0, 0.1) is 58.2 Å². The molecular formula is C41H61NO2. The van der Waals surface area contributed by atoms with Crippen LogP contribution in [0.3, 0.4) is 0 Å². The van der Waals surface area contributed by atoms with Gasteiger partial charge < -0.3 is 0 Å². The lowest BCUT2D eigenvalue weighted by atomic mass is 9.46. The number of hydrogen-bond donors (Lipinski definition) is 0. The molecule has 44 heavy (non-hydrogen) atoms. The SMILES string of the molecule is CC[C@H](CC[C@@H](C)C1CCC2[C@H]3CC=C4C[C@@H](CCCCN5C(=O)c6ccccc6C5=O)CCC4(C)C3CCC21C)C(C)C. The molecule has 0 aromatic heterocycles. The van der Waals surface area contributed by atoms with Crippen molar-refractivity contribution in [1.82, 2.24) is 4.90 Å². The van der Waals surface area contributed by atoms with Crippen LogP contribution < -0.4 is 0 Å². The molecule has 3 heteroatoms. The Morgan fingerprint density at radius 2 is 1.61 bits per heavy atom. The first-order chi connectivity index (χ1) is 21.1. The lowest BCUT2D eigenvalue weighted by molar-refractivity contribution is -0.0532. The predicted molar refractivity (Wildman–Crippen MR) is 181 cm³/mol. The van der Waals surface area contributed by atoms with E-state index in [0.717, 1.165) is 60.2 Å². The summed E-state index contributed by atoms with van der Waals surface area (Å²) in [5.74, 6) is 6.76. The fourth-order valence-corrected chi connectivity index (χ4v) is 11.8. The first-order valence-electron chi connectivity index (χ1n) is 18.7. The summed E-state index contributed by atoms with van der Waals surface area (Å²) in [5.41, 5.74) is 3.91. The van der Waals surface area contributed by atoms with Crippen LogP contribution in [0.25, 0.3) is 0 Å². The van der Waals surface area contributed by atoms with Crippen molar-refractivity contribution in [3.63, 3.8) is 0 Å². The number of benzene rings is 1. The molecule has 4 aliphatic carbocycles. The summed E-state index contributed by atoms with van der Waals surface area (Å²) in [5, 5.41) is 0. The van der Waals surface area contributed by atoms with Gasteiger partial charge in [0.05, 0.1) is 11.1 Å². The van der Waals surface area contributed by atoms with E-state index >= 15 is 0 Å². The number of allylic oxidation sites excluding steroid dienone is 2. The summed E-state index contributed by atoms with van der Waals surface area (Å²) in [4.78, 5) is 26.9. The number of imide groups is 1. The summed E-state index contributed by atoms with van der Waals surface area (Å²) >= 11 is 0. The second-order valence-electron chi connectivity index (χ2n) is 16.9. The van der Waals surface area contributed by atoms with Gasteiger partial charge in [-0.15, -0.1) is 0 Å². The van der Waals surface area contributed by atoms with Crippen LogP contribution in [-0.2, 0) is 0 Å². The van der Waals surface area contributed by atoms with Gasteiger partial charge in [-0.2, -0.15) is 0 Å². The standard InChI is InChI=1S/C41H61NO2/c1-7-30(27(2)3)16-15-28(4)35-19-20-36-34-18-17-31-26-29(21-23-40(31,5)37(34)22-24-41(35,36)6)12-10-11-25-42-38(43)32-13-8-9-14-33(32)39(42)44/h8-9,13-14,17,27-30,34-37H,7,10-12,15-16,18-26H2,1-6H3/t28-,29+,30-,34-,35?,36?,37?,40?,41?/m1/s1. The van der Waals surface area contributed by atoms with Gasteiger partial charge in [-0.1, -0.05) is 91.0 Å². The highest BCUT2D eigenvalue weighted by Crippen LogP contribution is 2.67. The fraction of sp³-hybridized carbons (Fsp3) is 0.756. The van der Waals surface area contributed by atoms with E-state index < -0.39 is 0 Å². The zero-order chi connectivity index (χ0) is 31.2. The van der Waals surface area contributed by atoms with Crippen LogP contribution in [0.4, 0.5) is 0 Å². The van der Waals surface area contributed by atoms with Gasteiger partial charge in [0.15, 0.2) is 0 Å². The van der Waals surface area contributed by atoms with Crippen molar-refractivity contribution in [2.75, 3.05) is 6.54 Å². The van der Waals surface area contributed by atoms with Crippen molar-refractivity contribution in [1.29, 1.82) is 0 Å². The third-order valence-electron chi connectivity index (χ3n) is 14.5. The third-order valence-corrected chi connectivity index (χ3v) is 14.5. The first kappa shape index (κ1) is 32.1. The molecule has 242 valence electrons. The van der Waals surface area contributed by atoms with E-state index in [1.807, 2.05) is 12.1 Å². The van der Waals surface area contributed by atoms with Crippen molar-refractivity contribution in [2.24, 2.45) is 58.2 Å². The number of amides is 2. The zero-order valence-electron chi connectivity index (χ0n) is 28.9. The maximum absolute atomic E-state index is 12.7. The van der Waals surface area contributed by atoms with E-state index in [1.165, 1.54) is 81.9 Å². The van der Waals surface area contributed by atoms with Gasteiger partial charge in [0.25, 0.3) is 11.8 Å². The minimum absolute atomic E-state index is 0.108. The van der Waals surface area contributed by atoms with Crippen LogP contribution in [-0.4, -0.2) is 23.3 Å². The Labute approximate surface area is 269 Å². The van der Waals surface area contributed by atoms with Crippen molar-refractivity contribution in [3.8, 4) is 0 Å². The van der Waals surface area contributed by atoms with Gasteiger partial charge in [0.2, 0.25) is 0 Å². The molecule has 0 spiro atoms. The van der Waals surface area contributed by atoms with E-state index in [2.05, 4.69) is 47.6 Å². The van der Waals surface area contributed by atoms with Crippen molar-refractivity contribution in [3.05, 3.63) is 47.0 Å². The molecule has 6 rings (SSSR count). The number of carbonyl (C=O) groups excluding carboxylic acids is 2. The number of rotatable bonds is 11. The molecule has 1 aliphatic heterocycles. The molecular weight excluding hydrogens is 538 g/mol. The average molecular weight is 600 g/mol. The topological polar surface area (TPSA) is 37.4 Å². The van der Waals surface area contributed by atoms with Gasteiger partial charge in [-0.05, 0) is 135 Å². The number of carbonyl (C=O) groups is 2. The quantitative estimate of drug-likeness (QED) is 0.144. The molecule has 0 radical (unpaired) electrons. The van der Waals surface area contributed by atoms with Crippen LogP contribution in [0.1, 0.15) is 152 Å². The normalized spacial score (nSPS) is 36.0. The van der Waals surface area contributed by atoms with Gasteiger partial charge >= 0.3 is 0 Å². The van der Waals surface area contributed by atoms with E-state index in [1.54, 1.807) is 17.7 Å². The molecule has 5 unspecified atom stereocenters. The Kier molecular flexibility index (Phi) is 9.26. The van der Waals surface area contributed by atoms with E-state index in [-0.39, 0.29) is 11.8 Å². The van der Waals surface area contributed by atoms with Crippen molar-refractivity contribution in [2.45, 2.75) is 131 Å². The van der Waals surface area contributed by atoms with Gasteiger partial charge in [0.1, 0.15) is 0 Å². The Morgan fingerprint density at radius 1 is 0.886 bits per heavy atom. The summed E-state index contributed by atoms with van der Waals surface area (Å²) in [6.45, 7) is 15.8. The minimum atomic E-state index is -0.108. The number of unbranched alkanes of at least 4 members (excludes halogenated alkanes) is 1. The molecule has 5 aliphatic rings. The van der Waals surface area contributed by atoms with Crippen LogP contribution in [0.5, 0.6) is 0 Å². The van der Waals surface area contributed by atoms with E-state index in [0.29, 0.717) is 28.5 Å². The predicted octanol–water partition coefficient (Wildman–Crippen LogP) is 10.7. The van der Waals surface area contributed by atoms with Crippen LogP contribution >= 0.6 is 0 Å². The average Bonchev–Trinajstić information content (AvgIpc) is 3.49. The first-order valence-corrected chi connectivity index (χ1v) is 18.7. The van der Waals surface area contributed by atoms with E-state index in [4.69, 9.17) is 0 Å². The molecule has 0 N–H and O–H groups in total. The van der Waals surface area contributed by atoms with Gasteiger partial charge in [-0.25, -0.2) is 0 Å². The molecule has 3 nitrogen and oxygen atoms in total. The maximum atomic E-state index is 12.7. The summed E-state index contributed by atoms with van der Waals surface area (Å²) < 4.78 is 0. The highest BCUT2D eigenvalue weighted by molar-refractivity contribution is 6.21. The van der Waals surface area contributed by atoms with Crippen molar-refractivity contribution >= 4 is 11.8 Å². The largest absolute Gasteiger partial charge is 0.274 e. The second-order valence-corrected chi connectivity index (χ2v) is 16.9. The zero-order valence-corrected chi connectivity index (χ0v) is 28.9. The third kappa shape index (κ3) is 5.55. The molecule has 1 aromatic rings. The molecule has 1 aromatic carbocycles. The molecule has 3 fully saturated rings. The van der Waals surface area contributed by atoms with Crippen LogP contribution in [0.15, 0.2) is 35.9 Å².